The van der Waals surface area contributed by atoms with Crippen LogP contribution in [0.2, 0.25) is 0 Å². The summed E-state index contributed by atoms with van der Waals surface area (Å²) in [6.07, 6.45) is -12.1. The highest BCUT2D eigenvalue weighted by atomic mass is 19.4. The van der Waals surface area contributed by atoms with E-state index in [2.05, 4.69) is 4.74 Å². The van der Waals surface area contributed by atoms with Gasteiger partial charge in [0.2, 0.25) is 0 Å². The Labute approximate surface area is 237 Å². The van der Waals surface area contributed by atoms with Crippen molar-refractivity contribution in [2.75, 3.05) is 25.2 Å². The topological polar surface area (TPSA) is 164 Å². The van der Waals surface area contributed by atoms with E-state index in [9.17, 15) is 42.3 Å². The molecule has 0 aromatic heterocycles. The molecule has 0 spiro atoms. The summed E-state index contributed by atoms with van der Waals surface area (Å²) in [4.78, 5) is 61.2. The van der Waals surface area contributed by atoms with Crippen molar-refractivity contribution in [1.82, 2.24) is 0 Å². The highest BCUT2D eigenvalue weighted by molar-refractivity contribution is 5.82. The maximum atomic E-state index is 13.8. The summed E-state index contributed by atoms with van der Waals surface area (Å²) in [7, 11) is 0.707. The van der Waals surface area contributed by atoms with Crippen LogP contribution in [0.5, 0.6) is 0 Å². The molecule has 2 aliphatic heterocycles. The highest BCUT2D eigenvalue weighted by Crippen LogP contribution is 2.43. The zero-order valence-corrected chi connectivity index (χ0v) is 23.3. The van der Waals surface area contributed by atoms with Crippen LogP contribution in [0.25, 0.3) is 0 Å². The van der Waals surface area contributed by atoms with Gasteiger partial charge >= 0.3 is 36.0 Å². The molecule has 1 N–H and O–H groups in total. The second kappa shape index (κ2) is 12.5. The van der Waals surface area contributed by atoms with Gasteiger partial charge < -0.3 is 38.4 Å². The van der Waals surface area contributed by atoms with E-state index < -0.39 is 84.4 Å². The van der Waals surface area contributed by atoms with Gasteiger partial charge in [0, 0.05) is 45.5 Å². The smallest absolute Gasteiger partial charge is 0.432 e. The first-order valence-corrected chi connectivity index (χ1v) is 12.6. The van der Waals surface area contributed by atoms with Gasteiger partial charge in [-0.3, -0.25) is 19.2 Å². The van der Waals surface area contributed by atoms with E-state index in [0.29, 0.717) is 7.11 Å². The van der Waals surface area contributed by atoms with Crippen molar-refractivity contribution in [1.29, 1.82) is 0 Å². The number of alkyl halides is 3. The molecule has 2 heterocycles. The second-order valence-corrected chi connectivity index (χ2v) is 9.58. The number of esters is 5. The van der Waals surface area contributed by atoms with Crippen molar-refractivity contribution in [3.05, 3.63) is 29.3 Å². The summed E-state index contributed by atoms with van der Waals surface area (Å²) in [6.45, 7) is 3.93. The van der Waals surface area contributed by atoms with Crippen molar-refractivity contribution in [3.63, 3.8) is 0 Å². The molecular formula is C26H30F3NO12. The Kier molecular flexibility index (Phi) is 9.72. The van der Waals surface area contributed by atoms with Gasteiger partial charge in [-0.2, -0.15) is 13.2 Å². The lowest BCUT2D eigenvalue weighted by Crippen LogP contribution is -2.66. The predicted molar refractivity (Wildman–Crippen MR) is 131 cm³/mol. The number of methoxy groups -OCH3 is 1. The molecule has 16 heteroatoms. The van der Waals surface area contributed by atoms with E-state index in [4.69, 9.17) is 23.7 Å². The standard InChI is InChI=1S/C26H30F3NO12/c1-12(31)38-11-19-20(39-13(2)32)21(40-14(3)33)22(41-15(4)34)23(42-19)30-9-8-16-10-17(6-7-18(16)30)25(36,24(35)37-5)26(27,28)29/h6-7,10,19-23,36H,8-9,11H2,1-5H3. The molecule has 13 nitrogen and oxygen atoms in total. The molecule has 6 unspecified atom stereocenters. The number of benzene rings is 1. The summed E-state index contributed by atoms with van der Waals surface area (Å²) in [5, 5.41) is 10.4. The number of hydrogen-bond donors (Lipinski definition) is 1. The number of nitrogens with zero attached hydrogens (tertiary/aromatic N) is 1. The Morgan fingerprint density at radius 2 is 1.50 bits per heavy atom. The number of ether oxygens (including phenoxy) is 6. The van der Waals surface area contributed by atoms with Crippen molar-refractivity contribution < 1.29 is 70.7 Å². The molecule has 0 aliphatic carbocycles. The van der Waals surface area contributed by atoms with E-state index in [-0.39, 0.29) is 24.2 Å². The van der Waals surface area contributed by atoms with Gasteiger partial charge in [0.15, 0.2) is 24.5 Å². The molecule has 1 aromatic carbocycles. The van der Waals surface area contributed by atoms with Crippen LogP contribution in [0.15, 0.2) is 18.2 Å². The molecule has 1 fully saturated rings. The zero-order chi connectivity index (χ0) is 31.6. The lowest BCUT2D eigenvalue weighted by atomic mass is 9.91. The number of carbonyl (C=O) groups excluding carboxylic acids is 5. The van der Waals surface area contributed by atoms with Gasteiger partial charge in [0.25, 0.3) is 5.60 Å². The molecule has 0 saturated carbocycles. The summed E-state index contributed by atoms with van der Waals surface area (Å²) in [5.74, 6) is -5.10. The second-order valence-electron chi connectivity index (χ2n) is 9.58. The van der Waals surface area contributed by atoms with Crippen LogP contribution in [0.1, 0.15) is 38.8 Å². The molecule has 42 heavy (non-hydrogen) atoms. The largest absolute Gasteiger partial charge is 0.466 e. The average molecular weight is 606 g/mol. The SMILES string of the molecule is COC(=O)C(O)(c1ccc2c(c1)CCN2C1OC(COC(C)=O)C(OC(C)=O)C(OC(C)=O)C1OC(C)=O)C(F)(F)F. The number of carbonyl (C=O) groups is 5. The van der Waals surface area contributed by atoms with E-state index in [1.807, 2.05) is 0 Å². The quantitative estimate of drug-likeness (QED) is 0.331. The Bertz CT molecular complexity index is 1240. The lowest BCUT2D eigenvalue weighted by molar-refractivity contribution is -0.266. The third-order valence-electron chi connectivity index (χ3n) is 6.59. The number of halogens is 3. The van der Waals surface area contributed by atoms with Crippen LogP contribution in [-0.4, -0.2) is 92.0 Å². The number of fused-ring (bicyclic) bond motifs is 1. The third kappa shape index (κ3) is 6.59. The van der Waals surface area contributed by atoms with E-state index in [1.165, 1.54) is 11.0 Å². The van der Waals surface area contributed by atoms with Crippen LogP contribution < -0.4 is 4.90 Å². The monoisotopic (exact) mass is 605 g/mol. The van der Waals surface area contributed by atoms with Crippen molar-refractivity contribution >= 4 is 35.5 Å². The minimum atomic E-state index is -5.41. The fourth-order valence-corrected chi connectivity index (χ4v) is 4.92. The molecule has 1 aromatic rings. The number of hydrogen-bond acceptors (Lipinski definition) is 13. The highest BCUT2D eigenvalue weighted by Gasteiger charge is 2.62. The van der Waals surface area contributed by atoms with Gasteiger partial charge in [-0.1, -0.05) is 6.07 Å². The van der Waals surface area contributed by atoms with Gasteiger partial charge in [-0.25, -0.2) is 4.79 Å². The zero-order valence-electron chi connectivity index (χ0n) is 23.3. The van der Waals surface area contributed by atoms with Crippen molar-refractivity contribution in [3.8, 4) is 0 Å². The molecule has 0 bridgehead atoms. The molecule has 0 radical (unpaired) electrons. The molecule has 2 aliphatic rings. The average Bonchev–Trinajstić information content (AvgIpc) is 3.30. The number of rotatable bonds is 8. The number of aliphatic hydroxyl groups is 1. The predicted octanol–water partition coefficient (Wildman–Crippen LogP) is 1.06. The van der Waals surface area contributed by atoms with Gasteiger partial charge in [0.05, 0.1) is 7.11 Å². The molecule has 3 rings (SSSR count). The molecular weight excluding hydrogens is 575 g/mol. The minimum Gasteiger partial charge on any atom is -0.466 e. The summed E-state index contributed by atoms with van der Waals surface area (Å²) < 4.78 is 73.1. The minimum absolute atomic E-state index is 0.0647. The van der Waals surface area contributed by atoms with Crippen LogP contribution in [0.4, 0.5) is 18.9 Å². The lowest BCUT2D eigenvalue weighted by Gasteiger charge is -2.47. The Balaban J connectivity index is 2.10. The summed E-state index contributed by atoms with van der Waals surface area (Å²) in [5.41, 5.74) is -4.21. The molecule has 232 valence electrons. The first-order chi connectivity index (χ1) is 19.5. The first-order valence-electron chi connectivity index (χ1n) is 12.6. The number of anilines is 1. The molecule has 6 atom stereocenters. The van der Waals surface area contributed by atoms with Crippen LogP contribution in [0.3, 0.4) is 0 Å². The van der Waals surface area contributed by atoms with E-state index in [1.54, 1.807) is 0 Å². The van der Waals surface area contributed by atoms with E-state index in [0.717, 1.165) is 39.8 Å². The first kappa shape index (κ1) is 32.6. The van der Waals surface area contributed by atoms with Crippen molar-refractivity contribution in [2.45, 2.75) is 76.5 Å². The Morgan fingerprint density at radius 3 is 2.02 bits per heavy atom. The summed E-state index contributed by atoms with van der Waals surface area (Å²) in [6, 6.07) is 3.07. The van der Waals surface area contributed by atoms with Gasteiger partial charge in [-0.05, 0) is 24.1 Å². The van der Waals surface area contributed by atoms with E-state index >= 15 is 0 Å². The Morgan fingerprint density at radius 1 is 0.929 bits per heavy atom. The summed E-state index contributed by atoms with van der Waals surface area (Å²) >= 11 is 0. The fourth-order valence-electron chi connectivity index (χ4n) is 4.92. The van der Waals surface area contributed by atoms with Crippen LogP contribution in [0, 0.1) is 0 Å². The van der Waals surface area contributed by atoms with Crippen LogP contribution >= 0.6 is 0 Å². The van der Waals surface area contributed by atoms with Crippen LogP contribution in [-0.2, 0) is 64.4 Å². The molecule has 1 saturated heterocycles. The maximum Gasteiger partial charge on any atom is 0.432 e. The third-order valence-corrected chi connectivity index (χ3v) is 6.59. The van der Waals surface area contributed by atoms with Gasteiger partial charge in [-0.15, -0.1) is 0 Å². The van der Waals surface area contributed by atoms with Gasteiger partial charge in [0.1, 0.15) is 12.7 Å². The Hall–Kier alpha value is -3.92. The normalized spacial score (nSPS) is 25.0. The fraction of sp³-hybridized carbons (Fsp3) is 0.577. The molecule has 0 amide bonds. The van der Waals surface area contributed by atoms with Crippen molar-refractivity contribution in [2.24, 2.45) is 0 Å². The maximum absolute atomic E-state index is 13.8.